The SMILES string of the molecule is O=[C]c1c([N+](=O)[O-])ccc2ccccc12. The molecule has 2 aromatic rings. The second kappa shape index (κ2) is 3.49. The number of nitrogens with zero attached hydrogens (tertiary/aromatic N) is 1. The molecule has 73 valence electrons. The third kappa shape index (κ3) is 1.46. The molecule has 0 fully saturated rings. The lowest BCUT2D eigenvalue weighted by molar-refractivity contribution is -0.384. The van der Waals surface area contributed by atoms with E-state index in [1.165, 1.54) is 6.07 Å². The summed E-state index contributed by atoms with van der Waals surface area (Å²) in [5.41, 5.74) is -0.193. The Kier molecular flexibility index (Phi) is 2.17. The lowest BCUT2D eigenvalue weighted by atomic mass is 10.0. The van der Waals surface area contributed by atoms with Gasteiger partial charge >= 0.3 is 0 Å². The molecule has 0 unspecified atom stereocenters. The topological polar surface area (TPSA) is 60.2 Å². The van der Waals surface area contributed by atoms with Crippen LogP contribution < -0.4 is 0 Å². The van der Waals surface area contributed by atoms with Crippen molar-refractivity contribution in [2.75, 3.05) is 0 Å². The van der Waals surface area contributed by atoms with Crippen molar-refractivity contribution < 1.29 is 9.72 Å². The van der Waals surface area contributed by atoms with Crippen LogP contribution in [0.1, 0.15) is 5.56 Å². The summed E-state index contributed by atoms with van der Waals surface area (Å²) in [6, 6.07) is 9.94. The van der Waals surface area contributed by atoms with Gasteiger partial charge in [0.05, 0.1) is 4.92 Å². The van der Waals surface area contributed by atoms with Crippen molar-refractivity contribution in [3.05, 3.63) is 52.1 Å². The van der Waals surface area contributed by atoms with Gasteiger partial charge in [-0.05, 0) is 16.8 Å². The van der Waals surface area contributed by atoms with Gasteiger partial charge in [-0.25, -0.2) is 0 Å². The molecule has 0 amide bonds. The van der Waals surface area contributed by atoms with Gasteiger partial charge in [-0.3, -0.25) is 14.9 Å². The summed E-state index contributed by atoms with van der Waals surface area (Å²) in [6.07, 6.45) is 1.63. The van der Waals surface area contributed by atoms with E-state index in [4.69, 9.17) is 0 Å². The number of fused-ring (bicyclic) bond motifs is 1. The lowest BCUT2D eigenvalue weighted by Crippen LogP contribution is -1.95. The number of nitro groups is 1. The predicted octanol–water partition coefficient (Wildman–Crippen LogP) is 2.21. The molecule has 0 aliphatic heterocycles. The van der Waals surface area contributed by atoms with Gasteiger partial charge in [0.1, 0.15) is 5.56 Å². The smallest absolute Gasteiger partial charge is 0.281 e. The average molecular weight is 200 g/mol. The average Bonchev–Trinajstić information content (AvgIpc) is 2.27. The van der Waals surface area contributed by atoms with Crippen molar-refractivity contribution in [3.8, 4) is 0 Å². The Morgan fingerprint density at radius 2 is 1.87 bits per heavy atom. The first-order valence-electron chi connectivity index (χ1n) is 4.28. The second-order valence-electron chi connectivity index (χ2n) is 3.04. The highest BCUT2D eigenvalue weighted by Crippen LogP contribution is 2.25. The van der Waals surface area contributed by atoms with Gasteiger partial charge in [0.25, 0.3) is 5.69 Å². The molecule has 0 saturated heterocycles. The minimum absolute atomic E-state index is 0.0121. The number of nitro benzene ring substituents is 1. The highest BCUT2D eigenvalue weighted by Gasteiger charge is 2.16. The highest BCUT2D eigenvalue weighted by molar-refractivity contribution is 6.02. The van der Waals surface area contributed by atoms with Crippen LogP contribution in [0.4, 0.5) is 5.69 Å². The molecular weight excluding hydrogens is 194 g/mol. The first-order valence-corrected chi connectivity index (χ1v) is 4.28. The fraction of sp³-hybridized carbons (Fsp3) is 0. The molecule has 4 nitrogen and oxygen atoms in total. The maximum Gasteiger partial charge on any atom is 0.281 e. The summed E-state index contributed by atoms with van der Waals surface area (Å²) < 4.78 is 0. The summed E-state index contributed by atoms with van der Waals surface area (Å²) >= 11 is 0. The number of benzene rings is 2. The molecule has 2 rings (SSSR count). The zero-order valence-electron chi connectivity index (χ0n) is 7.64. The summed E-state index contributed by atoms with van der Waals surface area (Å²) in [5, 5.41) is 12.0. The Hall–Kier alpha value is -2.23. The van der Waals surface area contributed by atoms with Crippen LogP contribution in [0.3, 0.4) is 0 Å². The fourth-order valence-corrected chi connectivity index (χ4v) is 1.52. The van der Waals surface area contributed by atoms with Gasteiger partial charge in [-0.15, -0.1) is 0 Å². The van der Waals surface area contributed by atoms with Gasteiger partial charge in [0, 0.05) is 6.07 Å². The maximum atomic E-state index is 10.7. The van der Waals surface area contributed by atoms with Crippen LogP contribution in [0, 0.1) is 10.1 Å². The normalized spacial score (nSPS) is 10.1. The van der Waals surface area contributed by atoms with Crippen molar-refractivity contribution in [3.63, 3.8) is 0 Å². The number of carbonyl (C=O) groups excluding carboxylic acids is 1. The molecule has 0 spiro atoms. The Morgan fingerprint density at radius 1 is 1.13 bits per heavy atom. The van der Waals surface area contributed by atoms with E-state index in [1.54, 1.807) is 30.6 Å². The largest absolute Gasteiger partial charge is 0.285 e. The molecule has 0 aliphatic rings. The molecule has 0 aliphatic carbocycles. The van der Waals surface area contributed by atoms with Crippen LogP contribution in [0.5, 0.6) is 0 Å². The summed E-state index contributed by atoms with van der Waals surface area (Å²) in [6.45, 7) is 0. The molecule has 15 heavy (non-hydrogen) atoms. The molecular formula is C11H6NO3. The molecule has 2 aromatic carbocycles. The zero-order valence-corrected chi connectivity index (χ0v) is 7.64. The summed E-state index contributed by atoms with van der Waals surface area (Å²) in [4.78, 5) is 20.8. The van der Waals surface area contributed by atoms with Gasteiger partial charge in [0.15, 0.2) is 0 Å². The standard InChI is InChI=1S/C11H6NO3/c13-7-10-9-4-2-1-3-8(9)5-6-11(10)12(14)15/h1-6H. The molecule has 1 radical (unpaired) electrons. The first-order chi connectivity index (χ1) is 7.24. The van der Waals surface area contributed by atoms with Crippen molar-refractivity contribution in [1.29, 1.82) is 0 Å². The minimum Gasteiger partial charge on any atom is -0.285 e. The number of hydrogen-bond donors (Lipinski definition) is 0. The van der Waals surface area contributed by atoms with Crippen LogP contribution in [0.2, 0.25) is 0 Å². The zero-order chi connectivity index (χ0) is 10.8. The Labute approximate surface area is 85.3 Å². The third-order valence-electron chi connectivity index (χ3n) is 2.21. The van der Waals surface area contributed by atoms with E-state index in [0.717, 1.165) is 5.39 Å². The van der Waals surface area contributed by atoms with E-state index < -0.39 is 4.92 Å². The molecule has 0 saturated carbocycles. The van der Waals surface area contributed by atoms with E-state index in [0.29, 0.717) is 5.39 Å². The van der Waals surface area contributed by atoms with Crippen LogP contribution in [-0.2, 0) is 4.79 Å². The minimum atomic E-state index is -0.577. The monoisotopic (exact) mass is 200 g/mol. The molecule has 0 N–H and O–H groups in total. The summed E-state index contributed by atoms with van der Waals surface area (Å²) in [5.74, 6) is 0. The number of rotatable bonds is 2. The quantitative estimate of drug-likeness (QED) is 0.551. The Morgan fingerprint density at radius 3 is 2.53 bits per heavy atom. The van der Waals surface area contributed by atoms with Crippen molar-refractivity contribution in [2.45, 2.75) is 0 Å². The fourth-order valence-electron chi connectivity index (χ4n) is 1.52. The van der Waals surface area contributed by atoms with Gasteiger partial charge in [-0.2, -0.15) is 0 Å². The van der Waals surface area contributed by atoms with E-state index in [2.05, 4.69) is 0 Å². The maximum absolute atomic E-state index is 10.7. The predicted molar refractivity (Wildman–Crippen MR) is 55.4 cm³/mol. The van der Waals surface area contributed by atoms with Crippen LogP contribution in [0.25, 0.3) is 10.8 Å². The second-order valence-corrected chi connectivity index (χ2v) is 3.04. The van der Waals surface area contributed by atoms with Crippen molar-refractivity contribution >= 4 is 22.7 Å². The molecule has 4 heteroatoms. The van der Waals surface area contributed by atoms with Gasteiger partial charge in [-0.1, -0.05) is 24.3 Å². The van der Waals surface area contributed by atoms with E-state index in [9.17, 15) is 14.9 Å². The van der Waals surface area contributed by atoms with E-state index in [-0.39, 0.29) is 11.3 Å². The van der Waals surface area contributed by atoms with E-state index in [1.807, 2.05) is 6.07 Å². The first kappa shape index (κ1) is 9.33. The third-order valence-corrected chi connectivity index (χ3v) is 2.21. The highest BCUT2D eigenvalue weighted by atomic mass is 16.6. The van der Waals surface area contributed by atoms with Crippen molar-refractivity contribution in [2.24, 2.45) is 0 Å². The molecule has 0 aromatic heterocycles. The molecule has 0 atom stereocenters. The molecule has 0 heterocycles. The number of hydrogen-bond acceptors (Lipinski definition) is 3. The van der Waals surface area contributed by atoms with Crippen LogP contribution >= 0.6 is 0 Å². The van der Waals surface area contributed by atoms with Gasteiger partial charge < -0.3 is 0 Å². The Bertz CT molecular complexity index is 549. The van der Waals surface area contributed by atoms with E-state index >= 15 is 0 Å². The van der Waals surface area contributed by atoms with Gasteiger partial charge in [0.2, 0.25) is 6.29 Å². The summed E-state index contributed by atoms with van der Waals surface area (Å²) in [7, 11) is 0. The Balaban J connectivity index is 2.87. The lowest BCUT2D eigenvalue weighted by Gasteiger charge is -2.00. The molecule has 0 bridgehead atoms. The van der Waals surface area contributed by atoms with Crippen molar-refractivity contribution in [1.82, 2.24) is 0 Å². The van der Waals surface area contributed by atoms with Crippen LogP contribution in [-0.4, -0.2) is 11.2 Å². The van der Waals surface area contributed by atoms with Crippen LogP contribution in [0.15, 0.2) is 36.4 Å².